The Morgan fingerprint density at radius 2 is 2.31 bits per heavy atom. The molecule has 2 N–H and O–H groups in total. The van der Waals surface area contributed by atoms with Crippen molar-refractivity contribution in [2.24, 2.45) is 5.73 Å². The van der Waals surface area contributed by atoms with Crippen LogP contribution < -0.4 is 5.73 Å². The minimum absolute atomic E-state index is 0.608. The summed E-state index contributed by atoms with van der Waals surface area (Å²) in [5.41, 5.74) is 7.07. The van der Waals surface area contributed by atoms with Crippen LogP contribution in [-0.2, 0) is 0 Å². The minimum atomic E-state index is 0.608. The molecular formula is C11H22N2. The maximum atomic E-state index is 5.74. The zero-order valence-electron chi connectivity index (χ0n) is 8.76. The number of piperidine rings is 1. The van der Waals surface area contributed by atoms with Crippen LogP contribution in [0.3, 0.4) is 0 Å². The lowest BCUT2D eigenvalue weighted by atomic mass is 10.0. The normalized spacial score (nSPS) is 24.6. The van der Waals surface area contributed by atoms with Gasteiger partial charge in [-0.1, -0.05) is 25.5 Å². The lowest BCUT2D eigenvalue weighted by Gasteiger charge is -2.35. The van der Waals surface area contributed by atoms with Crippen LogP contribution in [0.5, 0.6) is 0 Å². The Balaban J connectivity index is 2.40. The minimum Gasteiger partial charge on any atom is -0.329 e. The van der Waals surface area contributed by atoms with Crippen molar-refractivity contribution >= 4 is 0 Å². The highest BCUT2D eigenvalue weighted by Gasteiger charge is 2.20. The Bertz CT molecular complexity index is 165. The van der Waals surface area contributed by atoms with E-state index in [1.54, 1.807) is 0 Å². The standard InChI is InChI=1S/C11H22N2/c1-3-10(2)9-13-7-5-4-6-11(13)8-12/h11H,2-9,12H2,1H3. The van der Waals surface area contributed by atoms with E-state index in [0.717, 1.165) is 19.5 Å². The van der Waals surface area contributed by atoms with Crippen LogP contribution >= 0.6 is 0 Å². The fourth-order valence-electron chi connectivity index (χ4n) is 1.93. The lowest BCUT2D eigenvalue weighted by molar-refractivity contribution is 0.165. The molecule has 0 aromatic carbocycles. The van der Waals surface area contributed by atoms with E-state index in [2.05, 4.69) is 18.4 Å². The van der Waals surface area contributed by atoms with Gasteiger partial charge in [-0.15, -0.1) is 0 Å². The molecule has 1 saturated heterocycles. The monoisotopic (exact) mass is 182 g/mol. The fourth-order valence-corrected chi connectivity index (χ4v) is 1.93. The van der Waals surface area contributed by atoms with Gasteiger partial charge in [-0.2, -0.15) is 0 Å². The molecule has 0 bridgehead atoms. The van der Waals surface area contributed by atoms with Crippen LogP contribution in [0.2, 0.25) is 0 Å². The van der Waals surface area contributed by atoms with Gasteiger partial charge >= 0.3 is 0 Å². The van der Waals surface area contributed by atoms with Crippen molar-refractivity contribution in [3.05, 3.63) is 12.2 Å². The SMILES string of the molecule is C=C(CC)CN1CCCCC1CN. The number of nitrogens with two attached hydrogens (primary N) is 1. The Morgan fingerprint density at radius 3 is 2.92 bits per heavy atom. The van der Waals surface area contributed by atoms with E-state index in [9.17, 15) is 0 Å². The van der Waals surface area contributed by atoms with Gasteiger partial charge in [0.05, 0.1) is 0 Å². The smallest absolute Gasteiger partial charge is 0.0221 e. The van der Waals surface area contributed by atoms with E-state index < -0.39 is 0 Å². The molecule has 13 heavy (non-hydrogen) atoms. The molecule has 1 aliphatic rings. The Hall–Kier alpha value is -0.340. The number of rotatable bonds is 4. The highest BCUT2D eigenvalue weighted by atomic mass is 15.2. The van der Waals surface area contributed by atoms with Gasteiger partial charge in [0, 0.05) is 19.1 Å². The average Bonchev–Trinajstić information content (AvgIpc) is 2.18. The van der Waals surface area contributed by atoms with E-state index in [0.29, 0.717) is 6.04 Å². The summed E-state index contributed by atoms with van der Waals surface area (Å²) in [5, 5.41) is 0. The molecule has 1 fully saturated rings. The average molecular weight is 182 g/mol. The quantitative estimate of drug-likeness (QED) is 0.671. The van der Waals surface area contributed by atoms with Crippen LogP contribution in [0.15, 0.2) is 12.2 Å². The number of hydrogen-bond donors (Lipinski definition) is 1. The zero-order chi connectivity index (χ0) is 9.68. The predicted molar refractivity (Wildman–Crippen MR) is 57.7 cm³/mol. The summed E-state index contributed by atoms with van der Waals surface area (Å²) in [6, 6.07) is 0.608. The van der Waals surface area contributed by atoms with Crippen LogP contribution in [0.4, 0.5) is 0 Å². The van der Waals surface area contributed by atoms with Crippen molar-refractivity contribution in [2.75, 3.05) is 19.6 Å². The van der Waals surface area contributed by atoms with Gasteiger partial charge in [-0.05, 0) is 25.8 Å². The molecule has 76 valence electrons. The maximum absolute atomic E-state index is 5.74. The van der Waals surface area contributed by atoms with Crippen molar-refractivity contribution in [2.45, 2.75) is 38.6 Å². The highest BCUT2D eigenvalue weighted by Crippen LogP contribution is 2.17. The molecule has 0 aromatic rings. The van der Waals surface area contributed by atoms with E-state index >= 15 is 0 Å². The second-order valence-electron chi connectivity index (χ2n) is 3.96. The lowest BCUT2D eigenvalue weighted by Crippen LogP contribution is -2.44. The van der Waals surface area contributed by atoms with E-state index in [-0.39, 0.29) is 0 Å². The summed E-state index contributed by atoms with van der Waals surface area (Å²) in [7, 11) is 0. The summed E-state index contributed by atoms with van der Waals surface area (Å²) in [6.45, 7) is 9.29. The van der Waals surface area contributed by atoms with E-state index in [1.807, 2.05) is 0 Å². The fraction of sp³-hybridized carbons (Fsp3) is 0.818. The predicted octanol–water partition coefficient (Wildman–Crippen LogP) is 1.77. The van der Waals surface area contributed by atoms with Crippen molar-refractivity contribution in [1.29, 1.82) is 0 Å². The number of likely N-dealkylation sites (tertiary alicyclic amines) is 1. The van der Waals surface area contributed by atoms with Gasteiger partial charge in [0.25, 0.3) is 0 Å². The van der Waals surface area contributed by atoms with Crippen molar-refractivity contribution in [1.82, 2.24) is 4.90 Å². The van der Waals surface area contributed by atoms with Crippen molar-refractivity contribution in [3.8, 4) is 0 Å². The molecule has 0 amide bonds. The molecular weight excluding hydrogens is 160 g/mol. The van der Waals surface area contributed by atoms with Gasteiger partial charge in [-0.25, -0.2) is 0 Å². The first kappa shape index (κ1) is 10.7. The first-order valence-corrected chi connectivity index (χ1v) is 5.38. The zero-order valence-corrected chi connectivity index (χ0v) is 8.76. The Labute approximate surface area is 81.8 Å². The maximum Gasteiger partial charge on any atom is 0.0221 e. The molecule has 1 heterocycles. The largest absolute Gasteiger partial charge is 0.329 e. The molecule has 1 rings (SSSR count). The molecule has 0 saturated carbocycles. The van der Waals surface area contributed by atoms with Gasteiger partial charge in [-0.3, -0.25) is 4.90 Å². The van der Waals surface area contributed by atoms with Crippen molar-refractivity contribution in [3.63, 3.8) is 0 Å². The molecule has 2 nitrogen and oxygen atoms in total. The van der Waals surface area contributed by atoms with Gasteiger partial charge in [0.2, 0.25) is 0 Å². The van der Waals surface area contributed by atoms with Gasteiger partial charge in [0.15, 0.2) is 0 Å². The molecule has 1 atom stereocenters. The third-order valence-electron chi connectivity index (χ3n) is 2.95. The van der Waals surface area contributed by atoms with Gasteiger partial charge in [0.1, 0.15) is 0 Å². The van der Waals surface area contributed by atoms with Crippen molar-refractivity contribution < 1.29 is 0 Å². The van der Waals surface area contributed by atoms with Crippen LogP contribution in [-0.4, -0.2) is 30.6 Å². The summed E-state index contributed by atoms with van der Waals surface area (Å²) >= 11 is 0. The highest BCUT2D eigenvalue weighted by molar-refractivity contribution is 4.98. The first-order chi connectivity index (χ1) is 6.27. The molecule has 0 radical (unpaired) electrons. The Morgan fingerprint density at radius 1 is 1.54 bits per heavy atom. The molecule has 2 heteroatoms. The van der Waals surface area contributed by atoms with Crippen LogP contribution in [0.25, 0.3) is 0 Å². The Kier molecular flexibility index (Phi) is 4.46. The molecule has 1 aliphatic heterocycles. The van der Waals surface area contributed by atoms with Gasteiger partial charge < -0.3 is 5.73 Å². The second-order valence-corrected chi connectivity index (χ2v) is 3.96. The first-order valence-electron chi connectivity index (χ1n) is 5.38. The van der Waals surface area contributed by atoms with E-state index in [1.165, 1.54) is 31.4 Å². The second kappa shape index (κ2) is 5.40. The van der Waals surface area contributed by atoms with E-state index in [4.69, 9.17) is 5.73 Å². The molecule has 0 aromatic heterocycles. The summed E-state index contributed by atoms with van der Waals surface area (Å²) in [4.78, 5) is 2.50. The summed E-state index contributed by atoms with van der Waals surface area (Å²) < 4.78 is 0. The third kappa shape index (κ3) is 3.12. The number of nitrogens with zero attached hydrogens (tertiary/aromatic N) is 1. The number of hydrogen-bond acceptors (Lipinski definition) is 2. The summed E-state index contributed by atoms with van der Waals surface area (Å²) in [6.07, 6.45) is 5.03. The molecule has 1 unspecified atom stereocenters. The summed E-state index contributed by atoms with van der Waals surface area (Å²) in [5.74, 6) is 0. The van der Waals surface area contributed by atoms with Crippen LogP contribution in [0, 0.1) is 0 Å². The van der Waals surface area contributed by atoms with Crippen LogP contribution in [0.1, 0.15) is 32.6 Å². The third-order valence-corrected chi connectivity index (χ3v) is 2.95. The topological polar surface area (TPSA) is 29.3 Å². The molecule has 0 spiro atoms. The molecule has 0 aliphatic carbocycles.